The highest BCUT2D eigenvalue weighted by Crippen LogP contribution is 2.38. The van der Waals surface area contributed by atoms with Crippen LogP contribution < -0.4 is 19.5 Å². The van der Waals surface area contributed by atoms with Crippen LogP contribution in [0.3, 0.4) is 0 Å². The summed E-state index contributed by atoms with van der Waals surface area (Å²) < 4.78 is 52.1. The summed E-state index contributed by atoms with van der Waals surface area (Å²) in [5.41, 5.74) is 2.02. The molecule has 8 nitrogen and oxygen atoms in total. The molecule has 1 aromatic heterocycles. The van der Waals surface area contributed by atoms with Crippen molar-refractivity contribution in [3.63, 3.8) is 0 Å². The number of hydrogen-bond acceptors (Lipinski definition) is 8. The highest BCUT2D eigenvalue weighted by molar-refractivity contribution is 6.51. The number of fused-ring (bicyclic) bond motifs is 1. The van der Waals surface area contributed by atoms with Crippen molar-refractivity contribution in [3.05, 3.63) is 120 Å². The molecule has 4 aromatic rings. The number of allylic oxidation sites excluding steroid dienone is 3. The normalized spacial score (nSPS) is 13.9. The zero-order valence-corrected chi connectivity index (χ0v) is 29.3. The van der Waals surface area contributed by atoms with Crippen LogP contribution in [0, 0.1) is 17.6 Å². The maximum atomic E-state index is 15.5. The first-order chi connectivity index (χ1) is 24.7. The molecule has 0 atom stereocenters. The highest BCUT2D eigenvalue weighted by Gasteiger charge is 2.22. The van der Waals surface area contributed by atoms with Crippen LogP contribution in [0.2, 0.25) is 0 Å². The molecule has 0 saturated carbocycles. The van der Waals surface area contributed by atoms with Crippen LogP contribution in [-0.4, -0.2) is 50.4 Å². The van der Waals surface area contributed by atoms with E-state index in [-0.39, 0.29) is 34.9 Å². The van der Waals surface area contributed by atoms with Gasteiger partial charge in [-0.2, -0.15) is 0 Å². The maximum Gasteiger partial charge on any atom is 0.210 e. The summed E-state index contributed by atoms with van der Waals surface area (Å²) in [4.78, 5) is 22.5. The molecule has 10 heteroatoms. The van der Waals surface area contributed by atoms with Gasteiger partial charge in [-0.15, -0.1) is 0 Å². The Labute approximate surface area is 297 Å². The zero-order chi connectivity index (χ0) is 36.3. The van der Waals surface area contributed by atoms with Crippen LogP contribution in [0.1, 0.15) is 43.7 Å². The molecule has 1 fully saturated rings. The molecule has 266 valence electrons. The van der Waals surface area contributed by atoms with Gasteiger partial charge in [0.05, 0.1) is 32.0 Å². The van der Waals surface area contributed by atoms with Crippen LogP contribution in [0.5, 0.6) is 23.0 Å². The van der Waals surface area contributed by atoms with Gasteiger partial charge in [0.1, 0.15) is 17.3 Å². The van der Waals surface area contributed by atoms with E-state index in [1.165, 1.54) is 56.3 Å². The number of hydrogen-bond donors (Lipinski definition) is 1. The Balaban J connectivity index is 1.28. The summed E-state index contributed by atoms with van der Waals surface area (Å²) in [6.45, 7) is 12.3. The Morgan fingerprint density at radius 2 is 1.75 bits per heavy atom. The standard InChI is InChI=1S/C41H43F2N3O5/c1-6-35(48-4)40(46-27(3)30-10-12-31(42)13-11-30)41(47)26(2)22-29-9-14-37(33(43)23-29)51-36-17-20-45-34-25-39(38(49-5)24-32(34)36)50-21-7-8-28-15-18-44-19-16-28/h6,9-14,17,20,23-25,28,44H,2-3,7-8,15-16,18-19,21-22H2,1,4-5H3. The Kier molecular flexibility index (Phi) is 12.7. The molecule has 1 aliphatic rings. The van der Waals surface area contributed by atoms with Gasteiger partial charge in [-0.05, 0) is 123 Å². The number of ether oxygens (including phenoxy) is 4. The SMILES string of the molecule is C=C(Cc1ccc(Oc2ccnc3cc(OCCCC4CCNCC4)c(OC)cc23)c(F)c1)C(=O)C(=NC(=C)c1ccc(F)cc1)C(=CC)OC. The van der Waals surface area contributed by atoms with Crippen LogP contribution >= 0.6 is 0 Å². The van der Waals surface area contributed by atoms with Crippen LogP contribution in [0.15, 0.2) is 102 Å². The van der Waals surface area contributed by atoms with E-state index < -0.39 is 17.4 Å². The van der Waals surface area contributed by atoms with E-state index >= 15 is 4.39 Å². The second kappa shape index (κ2) is 17.5. The zero-order valence-electron chi connectivity index (χ0n) is 29.3. The number of ketones is 1. The van der Waals surface area contributed by atoms with E-state index in [4.69, 9.17) is 18.9 Å². The maximum absolute atomic E-state index is 15.5. The fourth-order valence-corrected chi connectivity index (χ4v) is 5.97. The van der Waals surface area contributed by atoms with E-state index in [2.05, 4.69) is 28.5 Å². The fourth-order valence-electron chi connectivity index (χ4n) is 5.97. The summed E-state index contributed by atoms with van der Waals surface area (Å²) in [6, 6.07) is 15.3. The first-order valence-corrected chi connectivity index (χ1v) is 16.9. The minimum absolute atomic E-state index is 0.00571. The lowest BCUT2D eigenvalue weighted by molar-refractivity contribution is -0.109. The number of benzene rings is 3. The number of carbonyl (C=O) groups is 1. The van der Waals surface area contributed by atoms with Gasteiger partial charge in [-0.3, -0.25) is 9.78 Å². The summed E-state index contributed by atoms with van der Waals surface area (Å²) in [6.07, 6.45) is 7.69. The van der Waals surface area contributed by atoms with Gasteiger partial charge in [0, 0.05) is 24.1 Å². The van der Waals surface area contributed by atoms with Crippen molar-refractivity contribution in [1.82, 2.24) is 10.3 Å². The number of aliphatic imine (C=N–C) groups is 1. The number of methoxy groups -OCH3 is 2. The van der Waals surface area contributed by atoms with Gasteiger partial charge in [-0.1, -0.05) is 19.2 Å². The van der Waals surface area contributed by atoms with Crippen molar-refractivity contribution in [2.24, 2.45) is 10.9 Å². The van der Waals surface area contributed by atoms with Gasteiger partial charge in [-0.25, -0.2) is 13.8 Å². The number of piperidine rings is 1. The largest absolute Gasteiger partial charge is 0.495 e. The average molecular weight is 696 g/mol. The number of pyridine rings is 1. The lowest BCUT2D eigenvalue weighted by atomic mass is 9.93. The summed E-state index contributed by atoms with van der Waals surface area (Å²) in [7, 11) is 2.99. The number of nitrogens with zero attached hydrogens (tertiary/aromatic N) is 2. The molecule has 1 saturated heterocycles. The Bertz CT molecular complexity index is 1950. The van der Waals surface area contributed by atoms with Crippen molar-refractivity contribution in [1.29, 1.82) is 0 Å². The van der Waals surface area contributed by atoms with Gasteiger partial charge in [0.2, 0.25) is 5.78 Å². The Morgan fingerprint density at radius 1 is 0.980 bits per heavy atom. The monoisotopic (exact) mass is 695 g/mol. The van der Waals surface area contributed by atoms with E-state index in [0.29, 0.717) is 45.9 Å². The van der Waals surface area contributed by atoms with Crippen molar-refractivity contribution < 1.29 is 32.5 Å². The molecule has 51 heavy (non-hydrogen) atoms. The van der Waals surface area contributed by atoms with Gasteiger partial charge in [0.25, 0.3) is 0 Å². The van der Waals surface area contributed by atoms with Gasteiger partial charge in [0.15, 0.2) is 28.8 Å². The lowest BCUT2D eigenvalue weighted by Gasteiger charge is -2.22. The van der Waals surface area contributed by atoms with E-state index in [0.717, 1.165) is 31.8 Å². The second-order valence-electron chi connectivity index (χ2n) is 12.3. The summed E-state index contributed by atoms with van der Waals surface area (Å²) >= 11 is 0. The predicted octanol–water partition coefficient (Wildman–Crippen LogP) is 8.80. The summed E-state index contributed by atoms with van der Waals surface area (Å²) in [5.74, 6) is 0.913. The molecule has 1 aliphatic heterocycles. The third-order valence-corrected chi connectivity index (χ3v) is 8.77. The van der Waals surface area contributed by atoms with Crippen molar-refractivity contribution in [2.45, 2.75) is 39.0 Å². The number of nitrogens with one attached hydrogen (secondary N) is 1. The molecule has 0 bridgehead atoms. The molecular weight excluding hydrogens is 652 g/mol. The third-order valence-electron chi connectivity index (χ3n) is 8.77. The number of Topliss-reactive ketones (excluding diaryl/α,β-unsaturated/α-hetero) is 1. The molecule has 5 rings (SSSR count). The highest BCUT2D eigenvalue weighted by atomic mass is 19.1. The molecule has 0 radical (unpaired) electrons. The molecule has 3 aromatic carbocycles. The number of rotatable bonds is 16. The number of carbonyl (C=O) groups excluding carboxylic acids is 1. The van der Waals surface area contributed by atoms with Gasteiger partial charge >= 0.3 is 0 Å². The first-order valence-electron chi connectivity index (χ1n) is 16.9. The number of halogens is 2. The Morgan fingerprint density at radius 3 is 2.43 bits per heavy atom. The molecule has 0 aliphatic carbocycles. The Hall–Kier alpha value is -5.35. The smallest absolute Gasteiger partial charge is 0.210 e. The van der Waals surface area contributed by atoms with Crippen molar-refractivity contribution in [2.75, 3.05) is 33.9 Å². The second-order valence-corrected chi connectivity index (χ2v) is 12.3. The number of aromatic nitrogens is 1. The van der Waals surface area contributed by atoms with E-state index in [9.17, 15) is 9.18 Å². The molecular formula is C41H43F2N3O5. The lowest BCUT2D eigenvalue weighted by Crippen LogP contribution is -2.27. The van der Waals surface area contributed by atoms with E-state index in [1.54, 1.807) is 44.5 Å². The third kappa shape index (κ3) is 9.46. The van der Waals surface area contributed by atoms with Crippen molar-refractivity contribution >= 4 is 28.1 Å². The van der Waals surface area contributed by atoms with Crippen molar-refractivity contribution in [3.8, 4) is 23.0 Å². The summed E-state index contributed by atoms with van der Waals surface area (Å²) in [5, 5.41) is 4.03. The fraction of sp³-hybridized carbons (Fsp3) is 0.293. The first kappa shape index (κ1) is 36.9. The topological polar surface area (TPSA) is 91.3 Å². The quantitative estimate of drug-likeness (QED) is 0.0542. The minimum atomic E-state index is -0.622. The van der Waals surface area contributed by atoms with Gasteiger partial charge < -0.3 is 24.3 Å². The molecule has 0 spiro atoms. The van der Waals surface area contributed by atoms with E-state index in [1.807, 2.05) is 6.07 Å². The molecule has 0 amide bonds. The predicted molar refractivity (Wildman–Crippen MR) is 197 cm³/mol. The van der Waals surface area contributed by atoms with Crippen LogP contribution in [0.4, 0.5) is 8.78 Å². The minimum Gasteiger partial charge on any atom is -0.495 e. The van der Waals surface area contributed by atoms with Crippen LogP contribution in [-0.2, 0) is 16.0 Å². The molecule has 0 unspecified atom stereocenters. The average Bonchev–Trinajstić information content (AvgIpc) is 3.14. The molecule has 1 N–H and O–H groups in total. The van der Waals surface area contributed by atoms with Crippen LogP contribution in [0.25, 0.3) is 16.6 Å². The molecule has 2 heterocycles.